The first-order valence-electron chi connectivity index (χ1n) is 3.20. The van der Waals surface area contributed by atoms with Gasteiger partial charge < -0.3 is 0 Å². The summed E-state index contributed by atoms with van der Waals surface area (Å²) in [6, 6.07) is 0. The van der Waals surface area contributed by atoms with Gasteiger partial charge >= 0.3 is 0 Å². The number of hydrogen-bond acceptors (Lipinski definition) is 0. The minimum Gasteiger partial charge on any atom is -0.0946 e. The van der Waals surface area contributed by atoms with Crippen molar-refractivity contribution in [3.05, 3.63) is 34.9 Å². The fraction of sp³-hybridized carbons (Fsp3) is 0.333. The van der Waals surface area contributed by atoms with Gasteiger partial charge in [0, 0.05) is 5.03 Å². The van der Waals surface area contributed by atoms with E-state index >= 15 is 0 Å². The second-order valence-corrected chi connectivity index (χ2v) is 2.95. The topological polar surface area (TPSA) is 0 Å². The predicted octanol–water partition coefficient (Wildman–Crippen LogP) is 3.65. The summed E-state index contributed by atoms with van der Waals surface area (Å²) in [7, 11) is 0. The summed E-state index contributed by atoms with van der Waals surface area (Å²) in [6.45, 7) is 9.64. The van der Waals surface area contributed by atoms with Gasteiger partial charge in [-0.3, -0.25) is 0 Å². The molecule has 0 aliphatic heterocycles. The third kappa shape index (κ3) is 4.39. The van der Waals surface area contributed by atoms with Gasteiger partial charge in [-0.25, -0.2) is 0 Å². The van der Waals surface area contributed by atoms with Gasteiger partial charge in [-0.1, -0.05) is 29.8 Å². The van der Waals surface area contributed by atoms with Crippen LogP contribution in [0.3, 0.4) is 0 Å². The Hall–Kier alpha value is -0.490. The van der Waals surface area contributed by atoms with Crippen LogP contribution in [0.2, 0.25) is 0 Å². The number of halogens is 1. The first-order valence-corrected chi connectivity index (χ1v) is 3.58. The van der Waals surface area contributed by atoms with E-state index in [2.05, 4.69) is 6.58 Å². The van der Waals surface area contributed by atoms with Crippen LogP contribution in [0.4, 0.5) is 0 Å². The van der Waals surface area contributed by atoms with Crippen molar-refractivity contribution < 1.29 is 0 Å². The van der Waals surface area contributed by atoms with E-state index in [0.717, 1.165) is 10.6 Å². The van der Waals surface area contributed by atoms with Crippen LogP contribution in [0.1, 0.15) is 20.8 Å². The maximum absolute atomic E-state index is 5.78. The van der Waals surface area contributed by atoms with Crippen molar-refractivity contribution in [2.75, 3.05) is 0 Å². The van der Waals surface area contributed by atoms with E-state index in [1.807, 2.05) is 32.9 Å². The zero-order valence-corrected chi connectivity index (χ0v) is 7.50. The molecule has 0 fully saturated rings. The van der Waals surface area contributed by atoms with Crippen molar-refractivity contribution in [2.45, 2.75) is 20.8 Å². The average Bonchev–Trinajstić information content (AvgIpc) is 1.82. The smallest absolute Gasteiger partial charge is 0.0429 e. The highest BCUT2D eigenvalue weighted by molar-refractivity contribution is 6.31. The lowest BCUT2D eigenvalue weighted by Gasteiger charge is -1.92. The molecule has 1 heteroatoms. The summed E-state index contributed by atoms with van der Waals surface area (Å²) in [5.41, 5.74) is 2.14. The van der Waals surface area contributed by atoms with E-state index in [1.54, 1.807) is 0 Å². The van der Waals surface area contributed by atoms with Crippen molar-refractivity contribution >= 4 is 11.6 Å². The maximum atomic E-state index is 5.78. The molecule has 0 aromatic carbocycles. The van der Waals surface area contributed by atoms with Gasteiger partial charge in [-0.2, -0.15) is 0 Å². The molecule has 0 aromatic rings. The number of allylic oxidation sites excluding steroid dienone is 5. The van der Waals surface area contributed by atoms with Crippen LogP contribution in [-0.2, 0) is 0 Å². The van der Waals surface area contributed by atoms with Crippen LogP contribution in [0.25, 0.3) is 0 Å². The number of hydrogen-bond donors (Lipinski definition) is 0. The highest BCUT2D eigenvalue weighted by atomic mass is 35.5. The monoisotopic (exact) mass is 156 g/mol. The largest absolute Gasteiger partial charge is 0.0946 e. The molecule has 0 spiro atoms. The van der Waals surface area contributed by atoms with E-state index in [9.17, 15) is 0 Å². The van der Waals surface area contributed by atoms with Crippen LogP contribution in [0.5, 0.6) is 0 Å². The molecule has 0 aromatic heterocycles. The SMILES string of the molecule is C=C(C)C(Cl)=CC=C(C)C. The second-order valence-electron chi connectivity index (χ2n) is 2.54. The summed E-state index contributed by atoms with van der Waals surface area (Å²) in [6.07, 6.45) is 3.83. The molecule has 0 unspecified atom stereocenters. The van der Waals surface area contributed by atoms with Gasteiger partial charge in [-0.05, 0) is 32.4 Å². The Bertz CT molecular complexity index is 181. The Morgan fingerprint density at radius 2 is 1.70 bits per heavy atom. The van der Waals surface area contributed by atoms with E-state index in [0.29, 0.717) is 0 Å². The summed E-state index contributed by atoms with van der Waals surface area (Å²) in [5, 5.41) is 0.723. The molecule has 0 N–H and O–H groups in total. The van der Waals surface area contributed by atoms with Crippen LogP contribution >= 0.6 is 11.6 Å². The van der Waals surface area contributed by atoms with Gasteiger partial charge in [-0.15, -0.1) is 0 Å². The molecule has 0 radical (unpaired) electrons. The Morgan fingerprint density at radius 3 is 2.00 bits per heavy atom. The molecule has 0 atom stereocenters. The molecule has 0 bridgehead atoms. The standard InChI is InChI=1S/C9H13Cl/c1-7(2)5-6-9(10)8(3)4/h5-6H,3H2,1-2,4H3. The van der Waals surface area contributed by atoms with E-state index in [1.165, 1.54) is 5.57 Å². The Morgan fingerprint density at radius 1 is 1.20 bits per heavy atom. The molecule has 56 valence electrons. The quantitative estimate of drug-likeness (QED) is 0.536. The van der Waals surface area contributed by atoms with Crippen molar-refractivity contribution in [2.24, 2.45) is 0 Å². The van der Waals surface area contributed by atoms with Gasteiger partial charge in [0.25, 0.3) is 0 Å². The molecule has 0 aliphatic carbocycles. The first-order chi connectivity index (χ1) is 4.54. The van der Waals surface area contributed by atoms with E-state index in [4.69, 9.17) is 11.6 Å². The average molecular weight is 157 g/mol. The molecule has 0 nitrogen and oxygen atoms in total. The molecular weight excluding hydrogens is 144 g/mol. The van der Waals surface area contributed by atoms with Gasteiger partial charge in [0.2, 0.25) is 0 Å². The molecular formula is C9H13Cl. The molecule has 0 amide bonds. The third-order valence-electron chi connectivity index (χ3n) is 0.971. The zero-order chi connectivity index (χ0) is 8.15. The maximum Gasteiger partial charge on any atom is 0.0429 e. The Labute approximate surface area is 67.9 Å². The van der Waals surface area contributed by atoms with Gasteiger partial charge in [0.05, 0.1) is 0 Å². The van der Waals surface area contributed by atoms with Crippen LogP contribution < -0.4 is 0 Å². The van der Waals surface area contributed by atoms with E-state index < -0.39 is 0 Å². The molecule has 0 heterocycles. The predicted molar refractivity (Wildman–Crippen MR) is 48.2 cm³/mol. The lowest BCUT2D eigenvalue weighted by molar-refractivity contribution is 1.39. The lowest BCUT2D eigenvalue weighted by Crippen LogP contribution is -1.70. The van der Waals surface area contributed by atoms with Crippen LogP contribution in [-0.4, -0.2) is 0 Å². The van der Waals surface area contributed by atoms with Crippen molar-refractivity contribution in [1.82, 2.24) is 0 Å². The zero-order valence-electron chi connectivity index (χ0n) is 6.74. The van der Waals surface area contributed by atoms with Crippen molar-refractivity contribution in [3.63, 3.8) is 0 Å². The summed E-state index contributed by atoms with van der Waals surface area (Å²) < 4.78 is 0. The summed E-state index contributed by atoms with van der Waals surface area (Å²) >= 11 is 5.78. The second kappa shape index (κ2) is 4.35. The van der Waals surface area contributed by atoms with Gasteiger partial charge in [0.1, 0.15) is 0 Å². The Kier molecular flexibility index (Phi) is 4.13. The minimum atomic E-state index is 0.723. The first kappa shape index (κ1) is 9.51. The fourth-order valence-electron chi connectivity index (χ4n) is 0.382. The molecule has 0 saturated carbocycles. The molecule has 0 aliphatic rings. The highest BCUT2D eigenvalue weighted by Gasteiger charge is 1.87. The van der Waals surface area contributed by atoms with Crippen molar-refractivity contribution in [3.8, 4) is 0 Å². The highest BCUT2D eigenvalue weighted by Crippen LogP contribution is 2.11. The summed E-state index contributed by atoms with van der Waals surface area (Å²) in [5.74, 6) is 0. The molecule has 10 heavy (non-hydrogen) atoms. The third-order valence-corrected chi connectivity index (χ3v) is 1.42. The van der Waals surface area contributed by atoms with Crippen molar-refractivity contribution in [1.29, 1.82) is 0 Å². The minimum absolute atomic E-state index is 0.723. The lowest BCUT2D eigenvalue weighted by atomic mass is 10.2. The van der Waals surface area contributed by atoms with Crippen LogP contribution in [0.15, 0.2) is 34.9 Å². The molecule has 0 saturated heterocycles. The number of rotatable bonds is 2. The molecule has 0 rings (SSSR count). The van der Waals surface area contributed by atoms with Crippen LogP contribution in [0, 0.1) is 0 Å². The normalized spacial score (nSPS) is 11.0. The van der Waals surface area contributed by atoms with Gasteiger partial charge in [0.15, 0.2) is 0 Å². The fourth-order valence-corrected chi connectivity index (χ4v) is 0.445. The Balaban J connectivity index is 4.19. The summed E-state index contributed by atoms with van der Waals surface area (Å²) in [4.78, 5) is 0. The van der Waals surface area contributed by atoms with E-state index in [-0.39, 0.29) is 0 Å².